The van der Waals surface area contributed by atoms with E-state index in [1.54, 1.807) is 4.90 Å². The number of hydrogen-bond acceptors (Lipinski definition) is 5. The van der Waals surface area contributed by atoms with Gasteiger partial charge in [0.25, 0.3) is 0 Å². The number of β-amino-alcohol motifs (C(OH)–C–C–N with tert-alkyl or cyclic N) is 1. The van der Waals surface area contributed by atoms with Crippen molar-refractivity contribution in [3.05, 3.63) is 12.2 Å². The standard InChI is InChI=1S/C9H16BrNO3.C9H15NO2/c1-9(2,3)14-8(13)11-4-6(10)7(12)5-11;1-9(2,3)12-8(11)10-6-4-5-7-10/h6-7,12H,4-5H2,1-3H3;4-5H,6-7H2,1-3H3/t6-,7-;/m0./s1. The number of aliphatic hydroxyl groups is 1. The van der Waals surface area contributed by atoms with Gasteiger partial charge in [0.2, 0.25) is 0 Å². The first-order valence-corrected chi connectivity index (χ1v) is 9.63. The zero-order valence-electron chi connectivity index (χ0n) is 16.5. The molecular formula is C18H31BrN2O5. The van der Waals surface area contributed by atoms with E-state index >= 15 is 0 Å². The van der Waals surface area contributed by atoms with Crippen LogP contribution in [0.3, 0.4) is 0 Å². The molecule has 2 heterocycles. The lowest BCUT2D eigenvalue weighted by atomic mass is 10.2. The van der Waals surface area contributed by atoms with Gasteiger partial charge in [-0.05, 0) is 41.5 Å². The van der Waals surface area contributed by atoms with Gasteiger partial charge in [-0.3, -0.25) is 0 Å². The lowest BCUT2D eigenvalue weighted by Crippen LogP contribution is -2.35. The molecule has 8 heteroatoms. The molecule has 0 aromatic carbocycles. The largest absolute Gasteiger partial charge is 0.444 e. The molecule has 150 valence electrons. The molecule has 0 saturated carbocycles. The Labute approximate surface area is 164 Å². The fourth-order valence-electron chi connectivity index (χ4n) is 2.18. The molecule has 1 saturated heterocycles. The van der Waals surface area contributed by atoms with E-state index in [2.05, 4.69) is 15.9 Å². The first-order valence-electron chi connectivity index (χ1n) is 8.71. The Hall–Kier alpha value is -1.28. The Morgan fingerprint density at radius 2 is 1.35 bits per heavy atom. The number of ether oxygens (including phenoxy) is 2. The molecule has 0 bridgehead atoms. The summed E-state index contributed by atoms with van der Waals surface area (Å²) < 4.78 is 10.3. The minimum atomic E-state index is -0.498. The van der Waals surface area contributed by atoms with Gasteiger partial charge in [0.15, 0.2) is 0 Å². The highest BCUT2D eigenvalue weighted by atomic mass is 79.9. The summed E-state index contributed by atoms with van der Waals surface area (Å²) in [6, 6.07) is 0. The number of aliphatic hydroxyl groups excluding tert-OH is 1. The average molecular weight is 435 g/mol. The molecule has 2 atom stereocenters. The summed E-state index contributed by atoms with van der Waals surface area (Å²) in [7, 11) is 0. The van der Waals surface area contributed by atoms with Gasteiger partial charge in [-0.1, -0.05) is 28.1 Å². The fraction of sp³-hybridized carbons (Fsp3) is 0.778. The first kappa shape index (κ1) is 22.8. The van der Waals surface area contributed by atoms with E-state index in [1.807, 2.05) is 53.7 Å². The normalized spacial score (nSPS) is 22.8. The Morgan fingerprint density at radius 3 is 1.69 bits per heavy atom. The van der Waals surface area contributed by atoms with Crippen LogP contribution in [0, 0.1) is 0 Å². The van der Waals surface area contributed by atoms with Crippen molar-refractivity contribution in [1.29, 1.82) is 0 Å². The Bertz CT molecular complexity index is 507. The highest BCUT2D eigenvalue weighted by Gasteiger charge is 2.34. The molecule has 0 aliphatic carbocycles. The first-order chi connectivity index (χ1) is 11.8. The number of alkyl halides is 1. The summed E-state index contributed by atoms with van der Waals surface area (Å²) in [5.74, 6) is 0. The van der Waals surface area contributed by atoms with Crippen LogP contribution in [0.2, 0.25) is 0 Å². The molecule has 0 unspecified atom stereocenters. The summed E-state index contributed by atoms with van der Waals surface area (Å²) in [5.41, 5.74) is -0.869. The number of likely N-dealkylation sites (tertiary alicyclic amines) is 1. The van der Waals surface area contributed by atoms with Gasteiger partial charge in [0.1, 0.15) is 11.2 Å². The average Bonchev–Trinajstić information content (AvgIpc) is 3.07. The lowest BCUT2D eigenvalue weighted by Gasteiger charge is -2.24. The number of halogens is 1. The van der Waals surface area contributed by atoms with Crippen LogP contribution in [-0.4, -0.2) is 75.4 Å². The molecule has 2 rings (SSSR count). The fourth-order valence-corrected chi connectivity index (χ4v) is 2.69. The third-order valence-corrected chi connectivity index (χ3v) is 4.24. The third-order valence-electron chi connectivity index (χ3n) is 3.34. The van der Waals surface area contributed by atoms with E-state index < -0.39 is 11.7 Å². The van der Waals surface area contributed by atoms with Crippen LogP contribution in [0.15, 0.2) is 12.2 Å². The smallest absolute Gasteiger partial charge is 0.410 e. The zero-order chi connectivity index (χ0) is 20.1. The number of carbonyl (C=O) groups is 2. The Kier molecular flexibility index (Phi) is 7.95. The van der Waals surface area contributed by atoms with Crippen molar-refractivity contribution < 1.29 is 24.2 Å². The van der Waals surface area contributed by atoms with E-state index in [9.17, 15) is 14.7 Å². The number of hydrogen-bond donors (Lipinski definition) is 1. The van der Waals surface area contributed by atoms with Gasteiger partial charge in [0.05, 0.1) is 17.5 Å². The van der Waals surface area contributed by atoms with Crippen molar-refractivity contribution >= 4 is 28.1 Å². The lowest BCUT2D eigenvalue weighted by molar-refractivity contribution is 0.0267. The molecular weight excluding hydrogens is 404 g/mol. The van der Waals surface area contributed by atoms with Crippen LogP contribution in [0.1, 0.15) is 41.5 Å². The SMILES string of the molecule is CC(C)(C)OC(=O)N1CC=CC1.CC(C)(C)OC(=O)N1C[C@H](O)[C@@H](Br)C1. The van der Waals surface area contributed by atoms with Gasteiger partial charge in [-0.25, -0.2) is 9.59 Å². The second-order valence-electron chi connectivity index (χ2n) is 8.33. The Balaban J connectivity index is 0.000000263. The van der Waals surface area contributed by atoms with Gasteiger partial charge < -0.3 is 24.4 Å². The van der Waals surface area contributed by atoms with Crippen molar-refractivity contribution in [2.45, 2.75) is 63.7 Å². The molecule has 1 fully saturated rings. The summed E-state index contributed by atoms with van der Waals surface area (Å²) in [4.78, 5) is 26.0. The second-order valence-corrected chi connectivity index (χ2v) is 9.50. The molecule has 7 nitrogen and oxygen atoms in total. The van der Waals surface area contributed by atoms with E-state index in [-0.39, 0.29) is 22.6 Å². The van der Waals surface area contributed by atoms with Gasteiger partial charge >= 0.3 is 12.2 Å². The minimum Gasteiger partial charge on any atom is -0.444 e. The van der Waals surface area contributed by atoms with Crippen molar-refractivity contribution in [3.8, 4) is 0 Å². The number of carbonyl (C=O) groups excluding carboxylic acids is 2. The van der Waals surface area contributed by atoms with Crippen LogP contribution in [0.4, 0.5) is 9.59 Å². The second kappa shape index (κ2) is 9.08. The van der Waals surface area contributed by atoms with Crippen LogP contribution in [0.5, 0.6) is 0 Å². The van der Waals surface area contributed by atoms with Crippen LogP contribution < -0.4 is 0 Å². The maximum atomic E-state index is 11.5. The van der Waals surface area contributed by atoms with E-state index in [1.165, 1.54) is 4.90 Å². The monoisotopic (exact) mass is 434 g/mol. The predicted octanol–water partition coefficient (Wildman–Crippen LogP) is 3.15. The number of rotatable bonds is 0. The highest BCUT2D eigenvalue weighted by Crippen LogP contribution is 2.20. The van der Waals surface area contributed by atoms with E-state index in [4.69, 9.17) is 9.47 Å². The van der Waals surface area contributed by atoms with Crippen molar-refractivity contribution in [2.24, 2.45) is 0 Å². The molecule has 2 aliphatic rings. The maximum Gasteiger partial charge on any atom is 0.410 e. The summed E-state index contributed by atoms with van der Waals surface area (Å²) in [5, 5.41) is 9.42. The summed E-state index contributed by atoms with van der Waals surface area (Å²) in [6.45, 7) is 13.3. The molecule has 0 aromatic heterocycles. The minimum absolute atomic E-state index is 0.0463. The molecule has 1 N–H and O–H groups in total. The maximum absolute atomic E-state index is 11.5. The Morgan fingerprint density at radius 1 is 0.923 bits per heavy atom. The number of amides is 2. The van der Waals surface area contributed by atoms with Gasteiger partial charge in [-0.2, -0.15) is 0 Å². The van der Waals surface area contributed by atoms with E-state index in [0.29, 0.717) is 26.2 Å². The molecule has 26 heavy (non-hydrogen) atoms. The molecule has 2 aliphatic heterocycles. The van der Waals surface area contributed by atoms with Crippen molar-refractivity contribution in [2.75, 3.05) is 26.2 Å². The third kappa shape index (κ3) is 8.40. The van der Waals surface area contributed by atoms with Crippen LogP contribution in [0.25, 0.3) is 0 Å². The van der Waals surface area contributed by atoms with Crippen LogP contribution in [-0.2, 0) is 9.47 Å². The number of nitrogens with zero attached hydrogens (tertiary/aromatic N) is 2. The summed E-state index contributed by atoms with van der Waals surface area (Å²) >= 11 is 3.29. The van der Waals surface area contributed by atoms with Gasteiger partial charge in [-0.15, -0.1) is 0 Å². The van der Waals surface area contributed by atoms with Crippen molar-refractivity contribution in [1.82, 2.24) is 9.80 Å². The predicted molar refractivity (Wildman–Crippen MR) is 103 cm³/mol. The van der Waals surface area contributed by atoms with Crippen molar-refractivity contribution in [3.63, 3.8) is 0 Å². The highest BCUT2D eigenvalue weighted by molar-refractivity contribution is 9.09. The molecule has 0 radical (unpaired) electrons. The molecule has 0 aromatic rings. The topological polar surface area (TPSA) is 79.3 Å². The van der Waals surface area contributed by atoms with Crippen LogP contribution >= 0.6 is 15.9 Å². The van der Waals surface area contributed by atoms with E-state index in [0.717, 1.165) is 0 Å². The summed E-state index contributed by atoms with van der Waals surface area (Å²) in [6.07, 6.45) is 2.84. The molecule has 2 amide bonds. The quantitative estimate of drug-likeness (QED) is 0.467. The zero-order valence-corrected chi connectivity index (χ0v) is 18.1. The van der Waals surface area contributed by atoms with Gasteiger partial charge in [0, 0.05) is 19.6 Å². The molecule has 0 spiro atoms.